The summed E-state index contributed by atoms with van der Waals surface area (Å²) in [6.45, 7) is 2.15. The maximum absolute atomic E-state index is 12.8. The van der Waals surface area contributed by atoms with E-state index in [0.717, 1.165) is 75.4 Å². The first-order chi connectivity index (χ1) is 15.6. The molecule has 168 valence electrons. The molecule has 0 saturated heterocycles. The van der Waals surface area contributed by atoms with E-state index >= 15 is 0 Å². The van der Waals surface area contributed by atoms with Gasteiger partial charge in [0.15, 0.2) is 0 Å². The van der Waals surface area contributed by atoms with E-state index in [1.807, 2.05) is 6.07 Å². The molecule has 1 saturated carbocycles. The summed E-state index contributed by atoms with van der Waals surface area (Å²) in [7, 11) is 0. The highest BCUT2D eigenvalue weighted by Crippen LogP contribution is 2.39. The number of carbonyl (C=O) groups is 1. The number of nitriles is 1. The Morgan fingerprint density at radius 3 is 2.72 bits per heavy atom. The van der Waals surface area contributed by atoms with E-state index in [-0.39, 0.29) is 17.6 Å². The molecule has 0 spiro atoms. The number of fused-ring (bicyclic) bond motifs is 2. The number of benzene rings is 1. The van der Waals surface area contributed by atoms with Crippen LogP contribution in [0.4, 0.5) is 5.69 Å². The van der Waals surface area contributed by atoms with Gasteiger partial charge in [0, 0.05) is 41.3 Å². The number of rotatable bonds is 5. The molecule has 5 rings (SSSR count). The molecule has 3 aliphatic rings. The van der Waals surface area contributed by atoms with Crippen molar-refractivity contribution in [1.29, 1.82) is 5.26 Å². The second-order valence-electron chi connectivity index (χ2n) is 9.60. The van der Waals surface area contributed by atoms with Gasteiger partial charge in [0.2, 0.25) is 5.91 Å². The van der Waals surface area contributed by atoms with Crippen molar-refractivity contribution in [2.45, 2.75) is 76.7 Å². The first-order valence-corrected chi connectivity index (χ1v) is 12.2. The van der Waals surface area contributed by atoms with Gasteiger partial charge in [0.1, 0.15) is 11.5 Å². The predicted molar refractivity (Wildman–Crippen MR) is 124 cm³/mol. The summed E-state index contributed by atoms with van der Waals surface area (Å²) in [5.41, 5.74) is 4.74. The van der Waals surface area contributed by atoms with E-state index in [2.05, 4.69) is 22.4 Å². The molecule has 1 N–H and O–H groups in total. The van der Waals surface area contributed by atoms with Crippen molar-refractivity contribution >= 4 is 22.6 Å². The Balaban J connectivity index is 1.36. The van der Waals surface area contributed by atoms with Crippen LogP contribution in [-0.2, 0) is 24.1 Å². The van der Waals surface area contributed by atoms with E-state index in [1.54, 1.807) is 0 Å². The number of aryl methyl sites for hydroxylation is 3. The highest BCUT2D eigenvalue weighted by Gasteiger charge is 2.27. The number of nitrogens with one attached hydrogen (secondary N) is 1. The molecule has 1 unspecified atom stereocenters. The van der Waals surface area contributed by atoms with E-state index in [1.165, 1.54) is 23.2 Å². The zero-order valence-electron chi connectivity index (χ0n) is 18.6. The molecule has 3 heterocycles. The van der Waals surface area contributed by atoms with Crippen LogP contribution in [0.2, 0.25) is 0 Å². The molecule has 2 aliphatic heterocycles. The normalized spacial score (nSPS) is 19.3. The molecule has 1 atom stereocenters. The minimum Gasteiger partial charge on any atom is -0.422 e. The number of hydrogen-bond donors (Lipinski definition) is 1. The Morgan fingerprint density at radius 2 is 1.94 bits per heavy atom. The topological polar surface area (TPSA) is 86.3 Å². The fraction of sp³-hybridized carbons (Fsp3) is 0.577. The number of anilines is 1. The molecule has 1 aromatic carbocycles. The Labute approximate surface area is 188 Å². The van der Waals surface area contributed by atoms with Crippen LogP contribution in [0, 0.1) is 17.2 Å². The van der Waals surface area contributed by atoms with Crippen LogP contribution in [0.15, 0.2) is 21.3 Å². The Hall–Kier alpha value is -2.81. The minimum atomic E-state index is -0.745. The first-order valence-electron chi connectivity index (χ1n) is 12.2. The molecule has 32 heavy (non-hydrogen) atoms. The van der Waals surface area contributed by atoms with Crippen LogP contribution in [-0.4, -0.2) is 25.0 Å². The number of hydrogen-bond acceptors (Lipinski definition) is 5. The lowest BCUT2D eigenvalue weighted by molar-refractivity contribution is -0.124. The van der Waals surface area contributed by atoms with Gasteiger partial charge < -0.3 is 14.6 Å². The Kier molecular flexibility index (Phi) is 5.91. The van der Waals surface area contributed by atoms with Crippen molar-refractivity contribution in [2.75, 3.05) is 18.0 Å². The molecular formula is C26H31N3O3. The molecular weight excluding hydrogens is 402 g/mol. The molecule has 1 aliphatic carbocycles. The van der Waals surface area contributed by atoms with Crippen LogP contribution >= 0.6 is 0 Å². The smallest absolute Gasteiger partial charge is 0.339 e. The van der Waals surface area contributed by atoms with Gasteiger partial charge in [-0.3, -0.25) is 4.79 Å². The third kappa shape index (κ3) is 4.01. The molecule has 0 bridgehead atoms. The predicted octanol–water partition coefficient (Wildman–Crippen LogP) is 4.01. The SMILES string of the molecule is N#CC(CCc1cc2cc3c4c(c2oc1=O)CCCN4CCC3)C(=O)NC1CCCCC1. The van der Waals surface area contributed by atoms with Gasteiger partial charge in [0.25, 0.3) is 0 Å². The molecule has 1 fully saturated rings. The second kappa shape index (κ2) is 8.97. The van der Waals surface area contributed by atoms with Crippen molar-refractivity contribution in [3.63, 3.8) is 0 Å². The van der Waals surface area contributed by atoms with Gasteiger partial charge in [0.05, 0.1) is 6.07 Å². The molecule has 0 radical (unpaired) electrons. The van der Waals surface area contributed by atoms with Crippen LogP contribution in [0.25, 0.3) is 11.0 Å². The minimum absolute atomic E-state index is 0.181. The average molecular weight is 434 g/mol. The Bertz CT molecular complexity index is 1120. The third-order valence-corrected chi connectivity index (χ3v) is 7.41. The van der Waals surface area contributed by atoms with Crippen molar-refractivity contribution < 1.29 is 9.21 Å². The summed E-state index contributed by atoms with van der Waals surface area (Å²) in [5, 5.41) is 13.6. The third-order valence-electron chi connectivity index (χ3n) is 7.41. The molecule has 6 heteroatoms. The summed E-state index contributed by atoms with van der Waals surface area (Å²) in [4.78, 5) is 27.8. The summed E-state index contributed by atoms with van der Waals surface area (Å²) >= 11 is 0. The quantitative estimate of drug-likeness (QED) is 0.720. The monoisotopic (exact) mass is 433 g/mol. The molecule has 1 amide bonds. The Morgan fingerprint density at radius 1 is 1.16 bits per heavy atom. The van der Waals surface area contributed by atoms with Gasteiger partial charge in [-0.05, 0) is 69.1 Å². The maximum atomic E-state index is 12.8. The van der Waals surface area contributed by atoms with Crippen LogP contribution < -0.4 is 15.8 Å². The zero-order valence-corrected chi connectivity index (χ0v) is 18.6. The van der Waals surface area contributed by atoms with Crippen LogP contribution in [0.3, 0.4) is 0 Å². The van der Waals surface area contributed by atoms with Crippen molar-refractivity contribution in [1.82, 2.24) is 5.32 Å². The van der Waals surface area contributed by atoms with Gasteiger partial charge in [-0.2, -0.15) is 5.26 Å². The lowest BCUT2D eigenvalue weighted by Gasteiger charge is -2.37. The highest BCUT2D eigenvalue weighted by atomic mass is 16.4. The van der Waals surface area contributed by atoms with Gasteiger partial charge in [-0.15, -0.1) is 0 Å². The number of carbonyl (C=O) groups excluding carboxylic acids is 1. The van der Waals surface area contributed by atoms with Crippen molar-refractivity contribution in [3.8, 4) is 6.07 Å². The molecule has 1 aromatic heterocycles. The van der Waals surface area contributed by atoms with Crippen molar-refractivity contribution in [3.05, 3.63) is 39.2 Å². The van der Waals surface area contributed by atoms with E-state index in [4.69, 9.17) is 4.42 Å². The van der Waals surface area contributed by atoms with Crippen molar-refractivity contribution in [2.24, 2.45) is 5.92 Å². The first kappa shape index (κ1) is 21.1. The highest BCUT2D eigenvalue weighted by molar-refractivity contribution is 5.88. The fourth-order valence-corrected chi connectivity index (χ4v) is 5.77. The second-order valence-corrected chi connectivity index (χ2v) is 9.60. The van der Waals surface area contributed by atoms with Gasteiger partial charge >= 0.3 is 5.63 Å². The summed E-state index contributed by atoms with van der Waals surface area (Å²) in [6, 6.07) is 6.43. The molecule has 6 nitrogen and oxygen atoms in total. The number of nitrogens with zero attached hydrogens (tertiary/aromatic N) is 2. The maximum Gasteiger partial charge on any atom is 0.339 e. The fourth-order valence-electron chi connectivity index (χ4n) is 5.77. The van der Waals surface area contributed by atoms with Gasteiger partial charge in [-0.25, -0.2) is 4.79 Å². The van der Waals surface area contributed by atoms with Crippen LogP contribution in [0.5, 0.6) is 0 Å². The van der Waals surface area contributed by atoms with Gasteiger partial charge in [-0.1, -0.05) is 19.3 Å². The van der Waals surface area contributed by atoms with E-state index in [9.17, 15) is 14.9 Å². The van der Waals surface area contributed by atoms with E-state index < -0.39 is 5.92 Å². The number of amides is 1. The molecule has 2 aromatic rings. The summed E-state index contributed by atoms with van der Waals surface area (Å²) in [5.74, 6) is -0.951. The average Bonchev–Trinajstić information content (AvgIpc) is 2.81. The zero-order chi connectivity index (χ0) is 22.1. The summed E-state index contributed by atoms with van der Waals surface area (Å²) in [6.07, 6.45) is 10.4. The standard InChI is InChI=1S/C26H31N3O3/c27-16-19(25(30)28-21-7-2-1-3-8-21)11-10-18-15-20-14-17-6-4-12-29-13-5-9-22(23(17)29)24(20)32-26(18)31/h14-15,19,21H,1-13H2,(H,28,30). The largest absolute Gasteiger partial charge is 0.422 e. The lowest BCUT2D eigenvalue weighted by atomic mass is 9.89. The lowest BCUT2D eigenvalue weighted by Crippen LogP contribution is -2.39. The summed E-state index contributed by atoms with van der Waals surface area (Å²) < 4.78 is 5.85. The van der Waals surface area contributed by atoms with Crippen LogP contribution in [0.1, 0.15) is 68.1 Å². The van der Waals surface area contributed by atoms with E-state index in [0.29, 0.717) is 18.4 Å².